The van der Waals surface area contributed by atoms with E-state index in [0.717, 1.165) is 40.7 Å². The number of carbonyl (C=O) groups is 1. The first-order valence-electron chi connectivity index (χ1n) is 10.0. The fourth-order valence-corrected chi connectivity index (χ4v) is 4.59. The molecule has 9 heteroatoms. The SMILES string of the molecule is CS(=O)(=O)c1cccc(-c2cnn3cc(-c4ccc(C5(NC(=O)O)CC5)cc4)cnc23)c1. The van der Waals surface area contributed by atoms with Crippen molar-refractivity contribution in [1.29, 1.82) is 0 Å². The van der Waals surface area contributed by atoms with E-state index in [4.69, 9.17) is 5.11 Å². The highest BCUT2D eigenvalue weighted by Gasteiger charge is 2.45. The maximum Gasteiger partial charge on any atom is 0.405 e. The van der Waals surface area contributed by atoms with Gasteiger partial charge in [-0.2, -0.15) is 5.10 Å². The minimum atomic E-state index is -3.31. The summed E-state index contributed by atoms with van der Waals surface area (Å²) in [5.74, 6) is 0. The number of benzene rings is 2. The summed E-state index contributed by atoms with van der Waals surface area (Å²) in [5.41, 5.74) is 4.37. The zero-order valence-electron chi connectivity index (χ0n) is 17.2. The summed E-state index contributed by atoms with van der Waals surface area (Å²) in [7, 11) is -3.31. The monoisotopic (exact) mass is 448 g/mol. The molecule has 162 valence electrons. The van der Waals surface area contributed by atoms with E-state index in [9.17, 15) is 13.2 Å². The van der Waals surface area contributed by atoms with E-state index < -0.39 is 21.5 Å². The van der Waals surface area contributed by atoms with Gasteiger partial charge in [0.15, 0.2) is 15.5 Å². The maximum absolute atomic E-state index is 11.9. The Morgan fingerprint density at radius 2 is 1.81 bits per heavy atom. The summed E-state index contributed by atoms with van der Waals surface area (Å²) in [5, 5.41) is 16.1. The summed E-state index contributed by atoms with van der Waals surface area (Å²) in [6.07, 6.45) is 7.04. The van der Waals surface area contributed by atoms with E-state index in [1.54, 1.807) is 35.1 Å². The van der Waals surface area contributed by atoms with Crippen molar-refractivity contribution in [3.05, 3.63) is 72.7 Å². The van der Waals surface area contributed by atoms with Gasteiger partial charge in [0, 0.05) is 29.8 Å². The molecule has 0 atom stereocenters. The molecule has 2 aromatic carbocycles. The van der Waals surface area contributed by atoms with Crippen LogP contribution in [0.3, 0.4) is 0 Å². The smallest absolute Gasteiger partial charge is 0.405 e. The Labute approximate surface area is 184 Å². The zero-order chi connectivity index (χ0) is 22.5. The lowest BCUT2D eigenvalue weighted by Gasteiger charge is -2.16. The van der Waals surface area contributed by atoms with Gasteiger partial charge in [0.1, 0.15) is 0 Å². The van der Waals surface area contributed by atoms with E-state index in [1.807, 2.05) is 36.5 Å². The van der Waals surface area contributed by atoms with Gasteiger partial charge in [-0.25, -0.2) is 22.7 Å². The van der Waals surface area contributed by atoms with Crippen molar-refractivity contribution < 1.29 is 18.3 Å². The quantitative estimate of drug-likeness (QED) is 0.481. The Bertz CT molecular complexity index is 1460. The molecule has 1 fully saturated rings. The lowest BCUT2D eigenvalue weighted by Crippen LogP contribution is -2.33. The van der Waals surface area contributed by atoms with Crippen LogP contribution in [0.15, 0.2) is 72.0 Å². The average molecular weight is 449 g/mol. The minimum Gasteiger partial charge on any atom is -0.465 e. The van der Waals surface area contributed by atoms with Gasteiger partial charge in [-0.1, -0.05) is 36.4 Å². The van der Waals surface area contributed by atoms with Gasteiger partial charge < -0.3 is 10.4 Å². The van der Waals surface area contributed by atoms with E-state index in [-0.39, 0.29) is 4.90 Å². The minimum absolute atomic E-state index is 0.247. The molecule has 0 aliphatic heterocycles. The summed E-state index contributed by atoms with van der Waals surface area (Å²) in [6.45, 7) is 0. The topological polar surface area (TPSA) is 114 Å². The number of nitrogens with one attached hydrogen (secondary N) is 1. The first-order valence-corrected chi connectivity index (χ1v) is 11.9. The van der Waals surface area contributed by atoms with Gasteiger partial charge in [0.2, 0.25) is 0 Å². The number of rotatable bonds is 5. The van der Waals surface area contributed by atoms with Crippen molar-refractivity contribution in [1.82, 2.24) is 19.9 Å². The van der Waals surface area contributed by atoms with Crippen molar-refractivity contribution in [2.45, 2.75) is 23.3 Å². The molecule has 5 rings (SSSR count). The molecular formula is C23H20N4O4S. The molecule has 1 aliphatic carbocycles. The molecule has 0 bridgehead atoms. The first-order chi connectivity index (χ1) is 15.2. The maximum atomic E-state index is 11.9. The number of hydrogen-bond acceptors (Lipinski definition) is 5. The molecule has 0 saturated heterocycles. The van der Waals surface area contributed by atoms with Crippen molar-refractivity contribution in [2.75, 3.05) is 6.26 Å². The van der Waals surface area contributed by atoms with E-state index >= 15 is 0 Å². The molecule has 2 N–H and O–H groups in total. The number of nitrogens with zero attached hydrogens (tertiary/aromatic N) is 3. The predicted molar refractivity (Wildman–Crippen MR) is 119 cm³/mol. The summed E-state index contributed by atoms with van der Waals surface area (Å²) < 4.78 is 25.5. The number of aromatic nitrogens is 3. The van der Waals surface area contributed by atoms with Crippen LogP contribution in [0.4, 0.5) is 4.79 Å². The number of hydrogen-bond donors (Lipinski definition) is 2. The molecule has 1 saturated carbocycles. The van der Waals surface area contributed by atoms with Crippen molar-refractivity contribution in [3.8, 4) is 22.3 Å². The second-order valence-electron chi connectivity index (χ2n) is 8.06. The van der Waals surface area contributed by atoms with Gasteiger partial charge in [0.05, 0.1) is 16.6 Å². The highest BCUT2D eigenvalue weighted by Crippen LogP contribution is 2.45. The molecule has 1 aliphatic rings. The van der Waals surface area contributed by atoms with Crippen LogP contribution < -0.4 is 5.32 Å². The fourth-order valence-electron chi connectivity index (χ4n) is 3.92. The second-order valence-corrected chi connectivity index (χ2v) is 10.1. The van der Waals surface area contributed by atoms with Crippen LogP contribution in [0, 0.1) is 0 Å². The van der Waals surface area contributed by atoms with Gasteiger partial charge in [0.25, 0.3) is 0 Å². The summed E-state index contributed by atoms with van der Waals surface area (Å²) in [4.78, 5) is 15.9. The van der Waals surface area contributed by atoms with Crippen LogP contribution in [0.5, 0.6) is 0 Å². The standard InChI is InChI=1S/C23H20N4O4S/c1-32(30,31)19-4-2-3-16(11-19)20-13-25-27-14-17(12-24-21(20)27)15-5-7-18(8-6-15)23(9-10-23)26-22(28)29/h2-8,11-14,26H,9-10H2,1H3,(H,28,29). The van der Waals surface area contributed by atoms with Crippen LogP contribution in [0.25, 0.3) is 27.9 Å². The molecule has 8 nitrogen and oxygen atoms in total. The second kappa shape index (κ2) is 7.16. The van der Waals surface area contributed by atoms with Crippen molar-refractivity contribution >= 4 is 21.6 Å². The third-order valence-electron chi connectivity index (χ3n) is 5.80. The van der Waals surface area contributed by atoms with E-state index in [1.165, 1.54) is 6.26 Å². The zero-order valence-corrected chi connectivity index (χ0v) is 18.0. The highest BCUT2D eigenvalue weighted by atomic mass is 32.2. The van der Waals surface area contributed by atoms with Gasteiger partial charge in [-0.3, -0.25) is 0 Å². The third-order valence-corrected chi connectivity index (χ3v) is 6.91. The molecule has 0 radical (unpaired) electrons. The molecule has 1 amide bonds. The number of amides is 1. The Hall–Kier alpha value is -3.72. The molecule has 0 unspecified atom stereocenters. The van der Waals surface area contributed by atoms with Crippen LogP contribution >= 0.6 is 0 Å². The van der Waals surface area contributed by atoms with Crippen LogP contribution in [-0.2, 0) is 15.4 Å². The van der Waals surface area contributed by atoms with E-state index in [0.29, 0.717) is 5.65 Å². The Morgan fingerprint density at radius 1 is 1.06 bits per heavy atom. The lowest BCUT2D eigenvalue weighted by atomic mass is 10.0. The van der Waals surface area contributed by atoms with Crippen LogP contribution in [0.1, 0.15) is 18.4 Å². The molecule has 2 aromatic heterocycles. The Balaban J connectivity index is 1.47. The fraction of sp³-hybridized carbons (Fsp3) is 0.174. The Morgan fingerprint density at radius 3 is 2.47 bits per heavy atom. The van der Waals surface area contributed by atoms with Gasteiger partial charge in [-0.15, -0.1) is 0 Å². The number of fused-ring (bicyclic) bond motifs is 1. The highest BCUT2D eigenvalue weighted by molar-refractivity contribution is 7.90. The number of sulfone groups is 1. The van der Waals surface area contributed by atoms with Gasteiger partial charge in [-0.05, 0) is 41.7 Å². The molecular weight excluding hydrogens is 428 g/mol. The van der Waals surface area contributed by atoms with Crippen molar-refractivity contribution in [2.24, 2.45) is 0 Å². The largest absolute Gasteiger partial charge is 0.465 e. The lowest BCUT2D eigenvalue weighted by molar-refractivity contribution is 0.188. The van der Waals surface area contributed by atoms with E-state index in [2.05, 4.69) is 15.4 Å². The first kappa shape index (κ1) is 20.2. The number of carboxylic acid groups (broad SMARTS) is 1. The Kier molecular flexibility index (Phi) is 4.52. The summed E-state index contributed by atoms with van der Waals surface area (Å²) >= 11 is 0. The normalized spacial score (nSPS) is 14.9. The van der Waals surface area contributed by atoms with Crippen LogP contribution in [0.2, 0.25) is 0 Å². The molecule has 0 spiro atoms. The molecule has 4 aromatic rings. The third kappa shape index (κ3) is 3.60. The summed E-state index contributed by atoms with van der Waals surface area (Å²) in [6, 6.07) is 14.5. The van der Waals surface area contributed by atoms with Gasteiger partial charge >= 0.3 is 6.09 Å². The predicted octanol–water partition coefficient (Wildman–Crippen LogP) is 3.72. The van der Waals surface area contributed by atoms with Crippen LogP contribution in [-0.4, -0.2) is 40.5 Å². The molecule has 32 heavy (non-hydrogen) atoms. The van der Waals surface area contributed by atoms with Crippen molar-refractivity contribution in [3.63, 3.8) is 0 Å². The molecule has 2 heterocycles. The average Bonchev–Trinajstić information content (AvgIpc) is 3.41.